The van der Waals surface area contributed by atoms with Crippen LogP contribution < -0.4 is 5.32 Å². The van der Waals surface area contributed by atoms with Crippen LogP contribution in [-0.4, -0.2) is 28.4 Å². The summed E-state index contributed by atoms with van der Waals surface area (Å²) >= 11 is 0. The molecule has 8 nitrogen and oxygen atoms in total. The molecule has 0 radical (unpaired) electrons. The molecule has 0 saturated heterocycles. The first-order valence-electron chi connectivity index (χ1n) is 6.71. The van der Waals surface area contributed by atoms with Crippen LogP contribution in [0, 0.1) is 10.1 Å². The third-order valence-electron chi connectivity index (χ3n) is 2.80. The number of nitro groups is 1. The first-order chi connectivity index (χ1) is 11.0. The number of rotatable bonds is 5. The summed E-state index contributed by atoms with van der Waals surface area (Å²) in [6.45, 7) is 1.88. The lowest BCUT2D eigenvalue weighted by atomic mass is 10.2. The number of nitrogens with zero attached hydrogens (tertiary/aromatic N) is 2. The molecule has 0 aliphatic rings. The van der Waals surface area contributed by atoms with Crippen molar-refractivity contribution < 1.29 is 19.2 Å². The first-order valence-corrected chi connectivity index (χ1v) is 6.71. The van der Waals surface area contributed by atoms with Crippen molar-refractivity contribution in [3.8, 4) is 0 Å². The molecule has 0 unspecified atom stereocenters. The van der Waals surface area contributed by atoms with Gasteiger partial charge in [-0.15, -0.1) is 0 Å². The molecule has 1 aromatic heterocycles. The number of benzene rings is 1. The molecule has 118 valence electrons. The monoisotopic (exact) mass is 315 g/mol. The lowest BCUT2D eigenvalue weighted by Gasteiger charge is -2.06. The zero-order chi connectivity index (χ0) is 16.8. The molecular formula is C15H13N3O5. The lowest BCUT2D eigenvalue weighted by Crippen LogP contribution is -2.16. The van der Waals surface area contributed by atoms with Gasteiger partial charge in [-0.1, -0.05) is 6.07 Å². The number of amides is 1. The fourth-order valence-corrected chi connectivity index (χ4v) is 1.74. The third-order valence-corrected chi connectivity index (χ3v) is 2.80. The van der Waals surface area contributed by atoms with Gasteiger partial charge in [0.05, 0.1) is 11.5 Å². The van der Waals surface area contributed by atoms with E-state index in [9.17, 15) is 19.7 Å². The molecule has 0 atom stereocenters. The third kappa shape index (κ3) is 4.10. The van der Waals surface area contributed by atoms with Gasteiger partial charge in [0.15, 0.2) is 0 Å². The van der Waals surface area contributed by atoms with Crippen LogP contribution in [0.1, 0.15) is 27.9 Å². The number of ether oxygens (including phenoxy) is 1. The predicted molar refractivity (Wildman–Crippen MR) is 81.2 cm³/mol. The zero-order valence-electron chi connectivity index (χ0n) is 12.2. The number of carbonyl (C=O) groups is 2. The minimum atomic E-state index is -0.613. The smallest absolute Gasteiger partial charge is 0.356 e. The molecule has 0 aliphatic carbocycles. The number of nitro benzene ring substituents is 1. The molecule has 0 aliphatic heterocycles. The molecule has 1 amide bonds. The molecule has 8 heteroatoms. The molecule has 1 aromatic carbocycles. The van der Waals surface area contributed by atoms with Crippen molar-refractivity contribution in [1.29, 1.82) is 0 Å². The average Bonchev–Trinajstić information content (AvgIpc) is 2.55. The van der Waals surface area contributed by atoms with E-state index >= 15 is 0 Å². The lowest BCUT2D eigenvalue weighted by molar-refractivity contribution is -0.384. The normalized spacial score (nSPS) is 9.96. The Labute approximate surface area is 131 Å². The van der Waals surface area contributed by atoms with Crippen LogP contribution in [0.25, 0.3) is 0 Å². The Morgan fingerprint density at radius 3 is 2.43 bits per heavy atom. The second-order valence-corrected chi connectivity index (χ2v) is 4.39. The Kier molecular flexibility index (Phi) is 4.98. The van der Waals surface area contributed by atoms with Gasteiger partial charge in [0, 0.05) is 17.8 Å². The summed E-state index contributed by atoms with van der Waals surface area (Å²) in [4.78, 5) is 37.7. The van der Waals surface area contributed by atoms with Crippen LogP contribution >= 0.6 is 0 Å². The maximum absolute atomic E-state index is 12.1. The Hall–Kier alpha value is -3.29. The predicted octanol–water partition coefficient (Wildman–Crippen LogP) is 2.42. The largest absolute Gasteiger partial charge is 0.461 e. The second kappa shape index (κ2) is 7.12. The van der Waals surface area contributed by atoms with E-state index in [1.807, 2.05) is 0 Å². The number of hydrogen-bond donors (Lipinski definition) is 1. The van der Waals surface area contributed by atoms with Gasteiger partial charge in [0.25, 0.3) is 11.6 Å². The first kappa shape index (κ1) is 16.1. The number of non-ortho nitro benzene ring substituents is 1. The topological polar surface area (TPSA) is 111 Å². The van der Waals surface area contributed by atoms with Crippen molar-refractivity contribution in [3.63, 3.8) is 0 Å². The number of carbonyl (C=O) groups excluding carboxylic acids is 2. The van der Waals surface area contributed by atoms with Gasteiger partial charge < -0.3 is 10.1 Å². The molecule has 1 heterocycles. The van der Waals surface area contributed by atoms with Crippen molar-refractivity contribution >= 4 is 23.3 Å². The maximum atomic E-state index is 12.1. The van der Waals surface area contributed by atoms with Crippen LogP contribution in [0.4, 0.5) is 11.4 Å². The number of anilines is 1. The average molecular weight is 315 g/mol. The highest BCUT2D eigenvalue weighted by Gasteiger charge is 2.13. The van der Waals surface area contributed by atoms with E-state index in [4.69, 9.17) is 4.74 Å². The van der Waals surface area contributed by atoms with Gasteiger partial charge in [0.1, 0.15) is 11.4 Å². The summed E-state index contributed by atoms with van der Waals surface area (Å²) in [7, 11) is 0. The minimum absolute atomic E-state index is 0.0307. The SMILES string of the molecule is CCOC(=O)c1cccc(C(=O)Nc2ccc([N+](=O)[O-])cc2)n1. The van der Waals surface area contributed by atoms with Gasteiger partial charge in [-0.05, 0) is 31.2 Å². The maximum Gasteiger partial charge on any atom is 0.356 e. The molecule has 0 fully saturated rings. The van der Waals surface area contributed by atoms with Gasteiger partial charge in [-0.2, -0.15) is 0 Å². The molecule has 0 bridgehead atoms. The van der Waals surface area contributed by atoms with Crippen molar-refractivity contribution in [3.05, 3.63) is 64.0 Å². The van der Waals surface area contributed by atoms with Crippen molar-refractivity contribution in [2.75, 3.05) is 11.9 Å². The van der Waals surface area contributed by atoms with Crippen molar-refractivity contribution in [2.24, 2.45) is 0 Å². The van der Waals surface area contributed by atoms with Gasteiger partial charge in [0.2, 0.25) is 0 Å². The van der Waals surface area contributed by atoms with Crippen LogP contribution in [-0.2, 0) is 4.74 Å². The van der Waals surface area contributed by atoms with Gasteiger partial charge in [-0.25, -0.2) is 9.78 Å². The van der Waals surface area contributed by atoms with Crippen LogP contribution in [0.15, 0.2) is 42.5 Å². The number of hydrogen-bond acceptors (Lipinski definition) is 6. The highest BCUT2D eigenvalue weighted by atomic mass is 16.6. The van der Waals surface area contributed by atoms with Crippen molar-refractivity contribution in [2.45, 2.75) is 6.92 Å². The number of nitrogens with one attached hydrogen (secondary N) is 1. The second-order valence-electron chi connectivity index (χ2n) is 4.39. The Morgan fingerprint density at radius 2 is 1.83 bits per heavy atom. The van der Waals surface area contributed by atoms with Gasteiger partial charge >= 0.3 is 5.97 Å². The quantitative estimate of drug-likeness (QED) is 0.515. The molecule has 23 heavy (non-hydrogen) atoms. The molecular weight excluding hydrogens is 302 g/mol. The van der Waals surface area contributed by atoms with E-state index in [-0.39, 0.29) is 23.7 Å². The van der Waals surface area contributed by atoms with Crippen LogP contribution in [0.5, 0.6) is 0 Å². The number of pyridine rings is 1. The Balaban J connectivity index is 2.12. The summed E-state index contributed by atoms with van der Waals surface area (Å²) in [6, 6.07) is 9.78. The van der Waals surface area contributed by atoms with E-state index in [0.717, 1.165) is 0 Å². The molecule has 2 aromatic rings. The van der Waals surface area contributed by atoms with E-state index < -0.39 is 16.8 Å². The Bertz CT molecular complexity index is 743. The summed E-state index contributed by atoms with van der Waals surface area (Å²) in [5.41, 5.74) is 0.367. The van der Waals surface area contributed by atoms with E-state index in [0.29, 0.717) is 5.69 Å². The van der Waals surface area contributed by atoms with Crippen LogP contribution in [0.2, 0.25) is 0 Å². The van der Waals surface area contributed by atoms with E-state index in [1.165, 1.54) is 42.5 Å². The van der Waals surface area contributed by atoms with Crippen LogP contribution in [0.3, 0.4) is 0 Å². The summed E-state index contributed by atoms with van der Waals surface area (Å²) in [5.74, 6) is -1.15. The Morgan fingerprint density at radius 1 is 1.17 bits per heavy atom. The van der Waals surface area contributed by atoms with Gasteiger partial charge in [-0.3, -0.25) is 14.9 Å². The number of aromatic nitrogens is 1. The van der Waals surface area contributed by atoms with E-state index in [2.05, 4.69) is 10.3 Å². The molecule has 0 saturated carbocycles. The molecule has 0 spiro atoms. The minimum Gasteiger partial charge on any atom is -0.461 e. The fraction of sp³-hybridized carbons (Fsp3) is 0.133. The van der Waals surface area contributed by atoms with E-state index in [1.54, 1.807) is 6.92 Å². The summed E-state index contributed by atoms with van der Waals surface area (Å²) in [6.07, 6.45) is 0. The molecule has 2 rings (SSSR count). The molecule has 1 N–H and O–H groups in total. The van der Waals surface area contributed by atoms with Crippen molar-refractivity contribution in [1.82, 2.24) is 4.98 Å². The highest BCUT2D eigenvalue weighted by Crippen LogP contribution is 2.16. The number of esters is 1. The fourth-order valence-electron chi connectivity index (χ4n) is 1.74. The zero-order valence-corrected chi connectivity index (χ0v) is 12.2. The highest BCUT2D eigenvalue weighted by molar-refractivity contribution is 6.03. The summed E-state index contributed by atoms with van der Waals surface area (Å²) < 4.78 is 4.82. The summed E-state index contributed by atoms with van der Waals surface area (Å²) in [5, 5.41) is 13.1. The standard InChI is InChI=1S/C15H13N3O5/c1-2-23-15(20)13-5-3-4-12(17-13)14(19)16-10-6-8-11(9-7-10)18(21)22/h3-9H,2H2,1H3,(H,16,19).